The van der Waals surface area contributed by atoms with Gasteiger partial charge in [0.25, 0.3) is 0 Å². The van der Waals surface area contributed by atoms with Crippen LogP contribution in [0.3, 0.4) is 0 Å². The van der Waals surface area contributed by atoms with Gasteiger partial charge in [-0.15, -0.1) is 5.10 Å². The Balaban J connectivity index is 2.66. The van der Waals surface area contributed by atoms with Crippen LogP contribution < -0.4 is 5.73 Å². The summed E-state index contributed by atoms with van der Waals surface area (Å²) >= 11 is 0. The molecule has 4 nitrogen and oxygen atoms in total. The molecule has 0 aromatic carbocycles. The van der Waals surface area contributed by atoms with E-state index in [0.29, 0.717) is 5.82 Å². The van der Waals surface area contributed by atoms with Crippen LogP contribution in [-0.4, -0.2) is 14.6 Å². The second kappa shape index (κ2) is 3.29. The summed E-state index contributed by atoms with van der Waals surface area (Å²) in [4.78, 5) is 4.47. The Hall–Kier alpha value is -1.58. The van der Waals surface area contributed by atoms with Crippen molar-refractivity contribution in [3.05, 3.63) is 23.7 Å². The van der Waals surface area contributed by atoms with Gasteiger partial charge in [0.15, 0.2) is 0 Å². The third-order valence-electron chi connectivity index (χ3n) is 2.24. The van der Waals surface area contributed by atoms with Crippen molar-refractivity contribution in [1.29, 1.82) is 0 Å². The molecule has 0 aliphatic heterocycles. The molecular weight excluding hydrogens is 176 g/mol. The normalized spacial score (nSPS) is 11.0. The van der Waals surface area contributed by atoms with E-state index >= 15 is 0 Å². The van der Waals surface area contributed by atoms with Crippen molar-refractivity contribution in [3.8, 4) is 0 Å². The van der Waals surface area contributed by atoms with Gasteiger partial charge in [0.1, 0.15) is 11.6 Å². The number of hydrogen-bond donors (Lipinski definition) is 1. The molecule has 14 heavy (non-hydrogen) atoms. The van der Waals surface area contributed by atoms with E-state index in [9.17, 15) is 0 Å². The smallest absolute Gasteiger partial charge is 0.144 e. The predicted octanol–water partition coefficient (Wildman–Crippen LogP) is 1.57. The summed E-state index contributed by atoms with van der Waals surface area (Å²) in [6, 6.07) is 3.77. The first kappa shape index (κ1) is 8.99. The van der Waals surface area contributed by atoms with Crippen LogP contribution in [0.1, 0.15) is 24.9 Å². The Bertz CT molecular complexity index is 458. The molecule has 2 aromatic heterocycles. The van der Waals surface area contributed by atoms with Gasteiger partial charge in [0.2, 0.25) is 0 Å². The Morgan fingerprint density at radius 1 is 1.43 bits per heavy atom. The lowest BCUT2D eigenvalue weighted by Gasteiger charge is -1.98. The van der Waals surface area contributed by atoms with Crippen molar-refractivity contribution in [2.45, 2.75) is 26.7 Å². The van der Waals surface area contributed by atoms with Gasteiger partial charge < -0.3 is 5.73 Å². The zero-order valence-electron chi connectivity index (χ0n) is 8.49. The number of imidazole rings is 1. The number of nitrogens with two attached hydrogens (primary N) is 1. The third kappa shape index (κ3) is 1.32. The second-order valence-electron chi connectivity index (χ2n) is 3.42. The maximum Gasteiger partial charge on any atom is 0.144 e. The summed E-state index contributed by atoms with van der Waals surface area (Å²) in [7, 11) is 0. The fourth-order valence-electron chi connectivity index (χ4n) is 1.59. The molecule has 2 N–H and O–H groups in total. The van der Waals surface area contributed by atoms with Gasteiger partial charge in [-0.2, -0.15) is 0 Å². The second-order valence-corrected chi connectivity index (χ2v) is 3.42. The van der Waals surface area contributed by atoms with Crippen molar-refractivity contribution in [2.24, 2.45) is 0 Å². The number of nitrogens with zero attached hydrogens (tertiary/aromatic N) is 3. The average Bonchev–Trinajstić information content (AvgIpc) is 2.44. The SMILES string of the molecule is CCCc1nc(C)c2ccc(N)nn12. The predicted molar refractivity (Wildman–Crippen MR) is 56.1 cm³/mol. The van der Waals surface area contributed by atoms with Crippen LogP contribution >= 0.6 is 0 Å². The Morgan fingerprint density at radius 2 is 2.21 bits per heavy atom. The first-order valence-electron chi connectivity index (χ1n) is 4.83. The number of aryl methyl sites for hydroxylation is 2. The van der Waals surface area contributed by atoms with Gasteiger partial charge in [-0.3, -0.25) is 0 Å². The maximum absolute atomic E-state index is 5.64. The molecular formula is C10H14N4. The maximum atomic E-state index is 5.64. The molecule has 2 heterocycles. The third-order valence-corrected chi connectivity index (χ3v) is 2.24. The zero-order chi connectivity index (χ0) is 10.1. The highest BCUT2D eigenvalue weighted by molar-refractivity contribution is 5.53. The summed E-state index contributed by atoms with van der Waals surface area (Å²) in [6.45, 7) is 4.12. The van der Waals surface area contributed by atoms with Gasteiger partial charge in [-0.25, -0.2) is 9.50 Å². The highest BCUT2D eigenvalue weighted by Gasteiger charge is 2.07. The summed E-state index contributed by atoms with van der Waals surface area (Å²) in [5.41, 5.74) is 7.70. The quantitative estimate of drug-likeness (QED) is 0.782. The van der Waals surface area contributed by atoms with Crippen LogP contribution in [0, 0.1) is 6.92 Å². The fourth-order valence-corrected chi connectivity index (χ4v) is 1.59. The van der Waals surface area contributed by atoms with Crippen LogP contribution in [0.5, 0.6) is 0 Å². The van der Waals surface area contributed by atoms with E-state index in [1.54, 1.807) is 6.07 Å². The molecule has 0 atom stereocenters. The Morgan fingerprint density at radius 3 is 2.93 bits per heavy atom. The molecule has 2 rings (SSSR count). The molecule has 0 unspecified atom stereocenters. The first-order chi connectivity index (χ1) is 6.72. The molecule has 74 valence electrons. The molecule has 0 spiro atoms. The van der Waals surface area contributed by atoms with E-state index in [0.717, 1.165) is 29.9 Å². The van der Waals surface area contributed by atoms with Crippen LogP contribution in [-0.2, 0) is 6.42 Å². The lowest BCUT2D eigenvalue weighted by molar-refractivity contribution is 0.777. The largest absolute Gasteiger partial charge is 0.382 e. The van der Waals surface area contributed by atoms with Crippen LogP contribution in [0.4, 0.5) is 5.82 Å². The van der Waals surface area contributed by atoms with Crippen molar-refractivity contribution >= 4 is 11.3 Å². The van der Waals surface area contributed by atoms with E-state index in [1.807, 2.05) is 17.5 Å². The number of anilines is 1. The van der Waals surface area contributed by atoms with Crippen LogP contribution in [0.2, 0.25) is 0 Å². The molecule has 2 aromatic rings. The monoisotopic (exact) mass is 190 g/mol. The zero-order valence-corrected chi connectivity index (χ0v) is 8.49. The number of nitrogen functional groups attached to an aromatic ring is 1. The van der Waals surface area contributed by atoms with Crippen molar-refractivity contribution in [2.75, 3.05) is 5.73 Å². The minimum absolute atomic E-state index is 0.534. The van der Waals surface area contributed by atoms with E-state index in [1.165, 1.54) is 0 Å². The molecule has 0 fully saturated rings. The number of rotatable bonds is 2. The Labute approximate surface area is 82.8 Å². The number of hydrogen-bond acceptors (Lipinski definition) is 3. The highest BCUT2D eigenvalue weighted by atomic mass is 15.3. The van der Waals surface area contributed by atoms with Gasteiger partial charge in [0.05, 0.1) is 11.2 Å². The minimum Gasteiger partial charge on any atom is -0.382 e. The van der Waals surface area contributed by atoms with Crippen LogP contribution in [0.25, 0.3) is 5.52 Å². The van der Waals surface area contributed by atoms with Crippen LogP contribution in [0.15, 0.2) is 12.1 Å². The molecule has 0 bridgehead atoms. The molecule has 0 saturated heterocycles. The van der Waals surface area contributed by atoms with Gasteiger partial charge >= 0.3 is 0 Å². The highest BCUT2D eigenvalue weighted by Crippen LogP contribution is 2.13. The summed E-state index contributed by atoms with van der Waals surface area (Å²) in [6.07, 6.45) is 2.00. The molecule has 4 heteroatoms. The molecule has 0 saturated carbocycles. The fraction of sp³-hybridized carbons (Fsp3) is 0.400. The van der Waals surface area contributed by atoms with E-state index in [4.69, 9.17) is 5.73 Å². The number of fused-ring (bicyclic) bond motifs is 1. The van der Waals surface area contributed by atoms with Gasteiger partial charge in [-0.05, 0) is 25.5 Å². The minimum atomic E-state index is 0.534. The average molecular weight is 190 g/mol. The molecule has 0 aliphatic carbocycles. The van der Waals surface area contributed by atoms with E-state index in [2.05, 4.69) is 17.0 Å². The lowest BCUT2D eigenvalue weighted by atomic mass is 10.3. The molecule has 0 amide bonds. The first-order valence-corrected chi connectivity index (χ1v) is 4.83. The van der Waals surface area contributed by atoms with E-state index in [-0.39, 0.29) is 0 Å². The standard InChI is InChI=1S/C10H14N4/c1-3-4-10-12-7(2)8-5-6-9(11)13-14(8)10/h5-6H,3-4H2,1-2H3,(H2,11,13). The molecule has 0 radical (unpaired) electrons. The van der Waals surface area contributed by atoms with Gasteiger partial charge in [-0.1, -0.05) is 6.92 Å². The molecule has 0 aliphatic rings. The van der Waals surface area contributed by atoms with Crippen molar-refractivity contribution < 1.29 is 0 Å². The summed E-state index contributed by atoms with van der Waals surface area (Å²) in [5.74, 6) is 1.53. The number of aromatic nitrogens is 3. The summed E-state index contributed by atoms with van der Waals surface area (Å²) < 4.78 is 1.84. The van der Waals surface area contributed by atoms with Crippen molar-refractivity contribution in [1.82, 2.24) is 14.6 Å². The van der Waals surface area contributed by atoms with Gasteiger partial charge in [0, 0.05) is 6.42 Å². The lowest BCUT2D eigenvalue weighted by Crippen LogP contribution is -2.01. The van der Waals surface area contributed by atoms with Crippen molar-refractivity contribution in [3.63, 3.8) is 0 Å². The summed E-state index contributed by atoms with van der Waals surface area (Å²) in [5, 5.41) is 4.25. The Kier molecular flexibility index (Phi) is 2.11. The van der Waals surface area contributed by atoms with E-state index < -0.39 is 0 Å². The topological polar surface area (TPSA) is 56.2 Å².